The van der Waals surface area contributed by atoms with Gasteiger partial charge in [0.25, 0.3) is 11.8 Å². The maximum absolute atomic E-state index is 12.9. The summed E-state index contributed by atoms with van der Waals surface area (Å²) in [5.41, 5.74) is 3.55. The van der Waals surface area contributed by atoms with Crippen molar-refractivity contribution in [3.05, 3.63) is 75.8 Å². The number of halogens is 2. The van der Waals surface area contributed by atoms with E-state index in [1.165, 1.54) is 12.1 Å². The number of rotatable bonds is 9. The van der Waals surface area contributed by atoms with E-state index >= 15 is 0 Å². The van der Waals surface area contributed by atoms with Gasteiger partial charge in [0, 0.05) is 10.6 Å². The van der Waals surface area contributed by atoms with Crippen molar-refractivity contribution >= 4 is 52.0 Å². The molecule has 2 N–H and O–H groups in total. The summed E-state index contributed by atoms with van der Waals surface area (Å²) in [5.74, 6) is -0.416. The number of amides is 2. The lowest BCUT2D eigenvalue weighted by Gasteiger charge is -2.21. The minimum absolute atomic E-state index is 0.189. The van der Waals surface area contributed by atoms with Crippen LogP contribution in [-0.4, -0.2) is 30.7 Å². The van der Waals surface area contributed by atoms with Crippen molar-refractivity contribution < 1.29 is 14.3 Å². The van der Waals surface area contributed by atoms with Crippen LogP contribution in [0.1, 0.15) is 43.1 Å². The van der Waals surface area contributed by atoms with Gasteiger partial charge in [-0.15, -0.1) is 0 Å². The van der Waals surface area contributed by atoms with Crippen LogP contribution >= 0.6 is 23.2 Å². The van der Waals surface area contributed by atoms with Gasteiger partial charge in [-0.1, -0.05) is 74.3 Å². The second kappa shape index (κ2) is 11.9. The molecule has 1 unspecified atom stereocenters. The Bertz CT molecular complexity index is 1210. The summed E-state index contributed by atoms with van der Waals surface area (Å²) >= 11 is 12.0. The van der Waals surface area contributed by atoms with Gasteiger partial charge in [0.1, 0.15) is 11.8 Å². The van der Waals surface area contributed by atoms with Crippen molar-refractivity contribution in [2.75, 3.05) is 6.61 Å². The van der Waals surface area contributed by atoms with E-state index in [0.29, 0.717) is 17.4 Å². The first kappa shape index (κ1) is 25.5. The van der Waals surface area contributed by atoms with Crippen LogP contribution in [0.15, 0.2) is 59.7 Å². The summed E-state index contributed by atoms with van der Waals surface area (Å²) in [5, 5.41) is 9.53. The molecule has 3 aromatic rings. The second-order valence-electron chi connectivity index (χ2n) is 8.10. The minimum Gasteiger partial charge on any atom is -0.493 e. The highest BCUT2D eigenvalue weighted by Crippen LogP contribution is 2.27. The maximum atomic E-state index is 12.9. The van der Waals surface area contributed by atoms with Crippen molar-refractivity contribution in [1.82, 2.24) is 10.7 Å². The smallest absolute Gasteiger partial charge is 0.262 e. The van der Waals surface area contributed by atoms with E-state index in [1.54, 1.807) is 12.3 Å². The fourth-order valence-corrected chi connectivity index (χ4v) is 3.90. The van der Waals surface area contributed by atoms with Crippen LogP contribution in [0.5, 0.6) is 5.75 Å². The van der Waals surface area contributed by atoms with Crippen LogP contribution in [0.2, 0.25) is 10.0 Å². The van der Waals surface area contributed by atoms with Crippen molar-refractivity contribution in [2.24, 2.45) is 11.0 Å². The Morgan fingerprint density at radius 3 is 2.56 bits per heavy atom. The monoisotopic (exact) mass is 499 g/mol. The molecule has 0 heterocycles. The zero-order chi connectivity index (χ0) is 24.7. The molecule has 3 aromatic carbocycles. The molecule has 6 nitrogen and oxygen atoms in total. The minimum atomic E-state index is -0.820. The molecule has 1 atom stereocenters. The molecular formula is C26H27Cl2N3O3. The third-order valence-electron chi connectivity index (χ3n) is 5.17. The number of hydrazone groups is 1. The zero-order valence-electron chi connectivity index (χ0n) is 19.3. The number of hydrogen-bond donors (Lipinski definition) is 2. The first-order chi connectivity index (χ1) is 16.3. The van der Waals surface area contributed by atoms with Crippen LogP contribution in [0.25, 0.3) is 10.8 Å². The van der Waals surface area contributed by atoms with Gasteiger partial charge in [0.05, 0.1) is 23.4 Å². The summed E-state index contributed by atoms with van der Waals surface area (Å²) in [6, 6.07) is 15.5. The fourth-order valence-electron chi connectivity index (χ4n) is 3.40. The first-order valence-corrected chi connectivity index (χ1v) is 11.8. The summed E-state index contributed by atoms with van der Waals surface area (Å²) in [6.07, 6.45) is 2.44. The van der Waals surface area contributed by atoms with Crippen LogP contribution in [0.3, 0.4) is 0 Å². The largest absolute Gasteiger partial charge is 0.493 e. The Balaban J connectivity index is 1.78. The third-order valence-corrected chi connectivity index (χ3v) is 5.72. The van der Waals surface area contributed by atoms with Crippen molar-refractivity contribution in [3.63, 3.8) is 0 Å². The van der Waals surface area contributed by atoms with E-state index in [0.717, 1.165) is 22.8 Å². The predicted octanol–water partition coefficient (Wildman–Crippen LogP) is 5.84. The molecule has 0 radical (unpaired) electrons. The van der Waals surface area contributed by atoms with E-state index in [1.807, 2.05) is 57.2 Å². The number of ether oxygens (including phenoxy) is 1. The van der Waals surface area contributed by atoms with Gasteiger partial charge in [-0.3, -0.25) is 9.59 Å². The normalized spacial score (nSPS) is 12.2. The van der Waals surface area contributed by atoms with Crippen LogP contribution < -0.4 is 15.5 Å². The highest BCUT2D eigenvalue weighted by Gasteiger charge is 2.25. The maximum Gasteiger partial charge on any atom is 0.262 e. The number of nitrogens with one attached hydrogen (secondary N) is 2. The van der Waals surface area contributed by atoms with E-state index in [-0.39, 0.29) is 16.5 Å². The number of carbonyl (C=O) groups is 2. The number of fused-ring (bicyclic) bond motifs is 1. The number of nitrogens with zero attached hydrogens (tertiary/aromatic N) is 1. The van der Waals surface area contributed by atoms with E-state index in [4.69, 9.17) is 27.9 Å². The van der Waals surface area contributed by atoms with Crippen molar-refractivity contribution in [2.45, 2.75) is 33.2 Å². The molecule has 0 saturated carbocycles. The van der Waals surface area contributed by atoms with Gasteiger partial charge >= 0.3 is 0 Å². The van der Waals surface area contributed by atoms with Gasteiger partial charge in [0.15, 0.2) is 0 Å². The average Bonchev–Trinajstić information content (AvgIpc) is 2.81. The summed E-state index contributed by atoms with van der Waals surface area (Å²) in [7, 11) is 0. The summed E-state index contributed by atoms with van der Waals surface area (Å²) in [4.78, 5) is 25.6. The highest BCUT2D eigenvalue weighted by atomic mass is 35.5. The van der Waals surface area contributed by atoms with Gasteiger partial charge in [-0.2, -0.15) is 5.10 Å². The average molecular weight is 500 g/mol. The topological polar surface area (TPSA) is 79.8 Å². The Hall–Kier alpha value is -3.09. The molecular weight excluding hydrogens is 473 g/mol. The Kier molecular flexibility index (Phi) is 8.91. The molecule has 2 amide bonds. The Morgan fingerprint density at radius 1 is 1.09 bits per heavy atom. The first-order valence-electron chi connectivity index (χ1n) is 11.0. The van der Waals surface area contributed by atoms with Crippen molar-refractivity contribution in [1.29, 1.82) is 0 Å². The Labute approximate surface area is 209 Å². The molecule has 0 bridgehead atoms. The molecule has 0 spiro atoms. The summed E-state index contributed by atoms with van der Waals surface area (Å²) in [6.45, 7) is 6.27. The van der Waals surface area contributed by atoms with Gasteiger partial charge in [-0.25, -0.2) is 5.43 Å². The van der Waals surface area contributed by atoms with Crippen LogP contribution in [-0.2, 0) is 4.79 Å². The third kappa shape index (κ3) is 6.27. The zero-order valence-corrected chi connectivity index (χ0v) is 20.8. The van der Waals surface area contributed by atoms with Crippen molar-refractivity contribution in [3.8, 4) is 5.75 Å². The number of hydrogen-bond acceptors (Lipinski definition) is 4. The standard InChI is InChI=1S/C26H27Cl2N3O3/c1-4-13-34-23-12-9-17-7-5-6-8-19(17)21(23)15-29-31-26(33)24(16(2)3)30-25(32)20-11-10-18(27)14-22(20)28/h5-12,14-16,24H,4,13H2,1-3H3,(H,30,32)(H,31,33). The lowest BCUT2D eigenvalue weighted by atomic mass is 10.0. The molecule has 34 heavy (non-hydrogen) atoms. The van der Waals surface area contributed by atoms with E-state index in [2.05, 4.69) is 15.8 Å². The van der Waals surface area contributed by atoms with E-state index in [9.17, 15) is 9.59 Å². The molecule has 0 aliphatic rings. The quantitative estimate of drug-likeness (QED) is 0.286. The fraction of sp³-hybridized carbons (Fsp3) is 0.269. The molecule has 0 fully saturated rings. The van der Waals surface area contributed by atoms with Gasteiger partial charge in [0.2, 0.25) is 0 Å². The molecule has 0 aliphatic carbocycles. The lowest BCUT2D eigenvalue weighted by Crippen LogP contribution is -2.48. The molecule has 0 saturated heterocycles. The van der Waals surface area contributed by atoms with Crippen LogP contribution in [0.4, 0.5) is 0 Å². The van der Waals surface area contributed by atoms with Gasteiger partial charge < -0.3 is 10.1 Å². The van der Waals surface area contributed by atoms with Gasteiger partial charge in [-0.05, 0) is 47.4 Å². The molecule has 8 heteroatoms. The number of benzene rings is 3. The lowest BCUT2D eigenvalue weighted by molar-refractivity contribution is -0.123. The highest BCUT2D eigenvalue weighted by molar-refractivity contribution is 6.36. The molecule has 178 valence electrons. The number of carbonyl (C=O) groups excluding carboxylic acids is 2. The molecule has 3 rings (SSSR count). The van der Waals surface area contributed by atoms with Crippen LogP contribution in [0, 0.1) is 5.92 Å². The summed E-state index contributed by atoms with van der Waals surface area (Å²) < 4.78 is 5.88. The predicted molar refractivity (Wildman–Crippen MR) is 138 cm³/mol. The molecule has 0 aliphatic heterocycles. The second-order valence-corrected chi connectivity index (χ2v) is 8.94. The SMILES string of the molecule is CCCOc1ccc2ccccc2c1C=NNC(=O)C(NC(=O)c1ccc(Cl)cc1Cl)C(C)C. The van der Waals surface area contributed by atoms with E-state index < -0.39 is 17.9 Å². The Morgan fingerprint density at radius 2 is 1.85 bits per heavy atom. The molecule has 0 aromatic heterocycles.